The summed E-state index contributed by atoms with van der Waals surface area (Å²) in [4.78, 5) is 6.89. The number of nitrogens with zero attached hydrogens (tertiary/aromatic N) is 2. The summed E-state index contributed by atoms with van der Waals surface area (Å²) in [6.07, 6.45) is 2.39. The number of morpholine rings is 1. The number of hydrogen-bond acceptors (Lipinski definition) is 3. The lowest BCUT2D eigenvalue weighted by atomic mass is 9.96. The normalized spacial score (nSPS) is 23.3. The maximum absolute atomic E-state index is 6.17. The zero-order valence-corrected chi connectivity index (χ0v) is 19.6. The lowest BCUT2D eigenvalue weighted by Crippen LogP contribution is -2.53. The average Bonchev–Trinajstić information content (AvgIpc) is 3.43. The molecule has 2 fully saturated rings. The van der Waals surface area contributed by atoms with Crippen LogP contribution in [0.3, 0.4) is 0 Å². The number of aliphatic imine (C=N–C) groups is 1. The van der Waals surface area contributed by atoms with E-state index in [2.05, 4.69) is 46.5 Å². The molecule has 1 aromatic carbocycles. The Morgan fingerprint density at radius 3 is 2.81 bits per heavy atom. The monoisotopic (exact) mass is 506 g/mol. The van der Waals surface area contributed by atoms with E-state index in [1.165, 1.54) is 18.4 Å². The van der Waals surface area contributed by atoms with Crippen molar-refractivity contribution in [2.45, 2.75) is 44.2 Å². The third-order valence-electron chi connectivity index (χ3n) is 5.66. The van der Waals surface area contributed by atoms with Crippen LogP contribution >= 0.6 is 35.6 Å². The molecule has 0 bridgehead atoms. The van der Waals surface area contributed by atoms with Gasteiger partial charge in [0.1, 0.15) is 0 Å². The molecule has 1 heterocycles. The second kappa shape index (κ2) is 10.3. The first-order chi connectivity index (χ1) is 12.5. The Labute approximate surface area is 185 Å². The van der Waals surface area contributed by atoms with Gasteiger partial charge in [-0.15, -0.1) is 24.0 Å². The van der Waals surface area contributed by atoms with Crippen molar-refractivity contribution in [3.05, 3.63) is 34.9 Å². The highest BCUT2D eigenvalue weighted by Crippen LogP contribution is 2.48. The Hall–Kier alpha value is -0.570. The summed E-state index contributed by atoms with van der Waals surface area (Å²) in [5.41, 5.74) is 1.52. The van der Waals surface area contributed by atoms with Crippen molar-refractivity contribution >= 4 is 41.5 Å². The molecule has 2 unspecified atom stereocenters. The SMILES string of the molecule is CN=C(NCC(C)N1CCOCC1C)NCC1(c2cccc(Cl)c2)CC1.I. The Morgan fingerprint density at radius 1 is 1.41 bits per heavy atom. The van der Waals surface area contributed by atoms with Crippen LogP contribution in [-0.2, 0) is 10.2 Å². The van der Waals surface area contributed by atoms with E-state index in [9.17, 15) is 0 Å². The van der Waals surface area contributed by atoms with Crippen LogP contribution in [0, 0.1) is 0 Å². The Balaban J connectivity index is 0.00000261. The molecule has 1 saturated heterocycles. The van der Waals surface area contributed by atoms with Crippen LogP contribution < -0.4 is 10.6 Å². The van der Waals surface area contributed by atoms with E-state index in [-0.39, 0.29) is 29.4 Å². The van der Waals surface area contributed by atoms with Gasteiger partial charge in [0.05, 0.1) is 13.2 Å². The summed E-state index contributed by atoms with van der Waals surface area (Å²) in [6.45, 7) is 8.88. The summed E-state index contributed by atoms with van der Waals surface area (Å²) in [6, 6.07) is 9.15. The molecule has 1 saturated carbocycles. The smallest absolute Gasteiger partial charge is 0.191 e. The molecule has 0 aromatic heterocycles. The highest BCUT2D eigenvalue weighted by atomic mass is 127. The van der Waals surface area contributed by atoms with Gasteiger partial charge >= 0.3 is 0 Å². The number of nitrogens with one attached hydrogen (secondary N) is 2. The van der Waals surface area contributed by atoms with Crippen LogP contribution in [0.5, 0.6) is 0 Å². The summed E-state index contributed by atoms with van der Waals surface area (Å²) in [5.74, 6) is 0.867. The number of benzene rings is 1. The molecular weight excluding hydrogens is 475 g/mol. The van der Waals surface area contributed by atoms with Crippen molar-refractivity contribution in [2.24, 2.45) is 4.99 Å². The molecule has 2 N–H and O–H groups in total. The minimum atomic E-state index is 0. The predicted octanol–water partition coefficient (Wildman–Crippen LogP) is 3.26. The second-order valence-electron chi connectivity index (χ2n) is 7.61. The first-order valence-corrected chi connectivity index (χ1v) is 9.96. The van der Waals surface area contributed by atoms with Crippen LogP contribution in [0.2, 0.25) is 5.02 Å². The van der Waals surface area contributed by atoms with Gasteiger partial charge in [-0.05, 0) is 44.4 Å². The van der Waals surface area contributed by atoms with Crippen molar-refractivity contribution in [3.8, 4) is 0 Å². The molecular formula is C20H32ClIN4O. The van der Waals surface area contributed by atoms with Gasteiger partial charge in [0.15, 0.2) is 5.96 Å². The lowest BCUT2D eigenvalue weighted by molar-refractivity contribution is -0.0174. The predicted molar refractivity (Wildman–Crippen MR) is 124 cm³/mol. The molecule has 0 radical (unpaired) electrons. The van der Waals surface area contributed by atoms with Gasteiger partial charge in [0.25, 0.3) is 0 Å². The molecule has 1 aliphatic heterocycles. The molecule has 3 rings (SSSR count). The largest absolute Gasteiger partial charge is 0.379 e. The van der Waals surface area contributed by atoms with E-state index >= 15 is 0 Å². The van der Waals surface area contributed by atoms with Gasteiger partial charge in [-0.3, -0.25) is 9.89 Å². The average molecular weight is 507 g/mol. The highest BCUT2D eigenvalue weighted by Gasteiger charge is 2.44. The molecule has 2 atom stereocenters. The Bertz CT molecular complexity index is 638. The van der Waals surface area contributed by atoms with Crippen molar-refractivity contribution in [2.75, 3.05) is 39.9 Å². The van der Waals surface area contributed by atoms with Gasteiger partial charge in [-0.1, -0.05) is 23.7 Å². The van der Waals surface area contributed by atoms with Crippen molar-refractivity contribution in [3.63, 3.8) is 0 Å². The van der Waals surface area contributed by atoms with Gasteiger partial charge in [-0.2, -0.15) is 0 Å². The van der Waals surface area contributed by atoms with Gasteiger partial charge < -0.3 is 15.4 Å². The molecule has 2 aliphatic rings. The summed E-state index contributed by atoms with van der Waals surface area (Å²) in [5, 5.41) is 7.80. The van der Waals surface area contributed by atoms with E-state index in [1.54, 1.807) is 0 Å². The molecule has 27 heavy (non-hydrogen) atoms. The summed E-state index contributed by atoms with van der Waals surface area (Å²) in [7, 11) is 1.83. The van der Waals surface area contributed by atoms with Crippen LogP contribution in [0.4, 0.5) is 0 Å². The van der Waals surface area contributed by atoms with Gasteiger partial charge in [-0.25, -0.2) is 0 Å². The van der Waals surface area contributed by atoms with E-state index in [0.717, 1.165) is 43.8 Å². The van der Waals surface area contributed by atoms with E-state index in [0.29, 0.717) is 12.1 Å². The standard InChI is InChI=1S/C20H31ClN4O.HI/c1-15(25-9-10-26-13-16(25)2)12-23-19(22-3)24-14-20(7-8-20)17-5-4-6-18(21)11-17;/h4-6,11,15-16H,7-10,12-14H2,1-3H3,(H2,22,23,24);1H. The number of guanidine groups is 1. The van der Waals surface area contributed by atoms with Gasteiger partial charge in [0, 0.05) is 49.2 Å². The third-order valence-corrected chi connectivity index (χ3v) is 5.89. The maximum atomic E-state index is 6.17. The maximum Gasteiger partial charge on any atom is 0.191 e. The van der Waals surface area contributed by atoms with Crippen LogP contribution in [0.15, 0.2) is 29.3 Å². The number of rotatable bonds is 6. The lowest BCUT2D eigenvalue weighted by Gasteiger charge is -2.38. The fourth-order valence-electron chi connectivity index (χ4n) is 3.77. The Morgan fingerprint density at radius 2 is 2.19 bits per heavy atom. The van der Waals surface area contributed by atoms with Crippen LogP contribution in [-0.4, -0.2) is 62.8 Å². The molecule has 0 spiro atoms. The zero-order chi connectivity index (χ0) is 18.6. The highest BCUT2D eigenvalue weighted by molar-refractivity contribution is 14.0. The van der Waals surface area contributed by atoms with E-state index in [4.69, 9.17) is 16.3 Å². The minimum absolute atomic E-state index is 0. The van der Waals surface area contributed by atoms with E-state index in [1.807, 2.05) is 19.2 Å². The van der Waals surface area contributed by atoms with E-state index < -0.39 is 0 Å². The number of ether oxygens (including phenoxy) is 1. The molecule has 152 valence electrons. The minimum Gasteiger partial charge on any atom is -0.379 e. The first-order valence-electron chi connectivity index (χ1n) is 9.58. The summed E-state index contributed by atoms with van der Waals surface area (Å²) < 4.78 is 5.53. The van der Waals surface area contributed by atoms with Crippen LogP contribution in [0.25, 0.3) is 0 Å². The molecule has 5 nitrogen and oxygen atoms in total. The number of halogens is 2. The quantitative estimate of drug-likeness (QED) is 0.353. The van der Waals surface area contributed by atoms with Crippen molar-refractivity contribution < 1.29 is 4.74 Å². The second-order valence-corrected chi connectivity index (χ2v) is 8.04. The fourth-order valence-corrected chi connectivity index (χ4v) is 3.96. The number of hydrogen-bond donors (Lipinski definition) is 2. The fraction of sp³-hybridized carbons (Fsp3) is 0.650. The third kappa shape index (κ3) is 5.95. The Kier molecular flexibility index (Phi) is 8.65. The summed E-state index contributed by atoms with van der Waals surface area (Å²) >= 11 is 6.17. The zero-order valence-electron chi connectivity index (χ0n) is 16.5. The molecule has 0 amide bonds. The van der Waals surface area contributed by atoms with Crippen molar-refractivity contribution in [1.29, 1.82) is 0 Å². The molecule has 7 heteroatoms. The molecule has 1 aromatic rings. The van der Waals surface area contributed by atoms with Crippen LogP contribution in [0.1, 0.15) is 32.3 Å². The molecule has 1 aliphatic carbocycles. The first kappa shape index (κ1) is 22.7. The topological polar surface area (TPSA) is 48.9 Å². The van der Waals surface area contributed by atoms with Crippen molar-refractivity contribution in [1.82, 2.24) is 15.5 Å². The van der Waals surface area contributed by atoms with Gasteiger partial charge in [0.2, 0.25) is 0 Å².